The van der Waals surface area contributed by atoms with Gasteiger partial charge in [-0.3, -0.25) is 14.6 Å². The number of likely N-dealkylation sites (tertiary alicyclic amines) is 1. The largest absolute Gasteiger partial charge is 0.416 e. The van der Waals surface area contributed by atoms with Crippen molar-refractivity contribution in [3.63, 3.8) is 0 Å². The summed E-state index contributed by atoms with van der Waals surface area (Å²) in [5.41, 5.74) is -3.16. The molecule has 2 atom stereocenters. The molecule has 2 fully saturated rings. The molecule has 7 nitrogen and oxygen atoms in total. The van der Waals surface area contributed by atoms with Crippen LogP contribution in [0.2, 0.25) is 0 Å². The summed E-state index contributed by atoms with van der Waals surface area (Å²) < 4.78 is 131. The number of amides is 1. The lowest BCUT2D eigenvalue weighted by molar-refractivity contribution is -0.137. The Labute approximate surface area is 238 Å². The number of aryl methyl sites for hydroxylation is 2. The van der Waals surface area contributed by atoms with Gasteiger partial charge in [0.1, 0.15) is 6.33 Å². The smallest absolute Gasteiger partial charge is 0.383 e. The standard InChI is InChI=1S/C28H38F3N5O2/c1-19-16-35(14-15-36(19)24(17-38-5)22-6-8-23(9-7-22)28(29,30)31)27(4)10-12-34(13-11-27)26(37)25-20(2)32-18-33-21(25)3/h6-9,18-19,24H,10-17H2,1-5H3/t19-,24-/m0/s1/i2D3,3D3,5D3,17D2. The third-order valence-corrected chi connectivity index (χ3v) is 7.69. The summed E-state index contributed by atoms with van der Waals surface area (Å²) in [6.07, 6.45) is -2.98. The van der Waals surface area contributed by atoms with Crippen LogP contribution in [0.15, 0.2) is 30.6 Å². The summed E-state index contributed by atoms with van der Waals surface area (Å²) >= 11 is 0. The molecule has 208 valence electrons. The average Bonchev–Trinajstić information content (AvgIpc) is 2.95. The molecule has 2 aliphatic heterocycles. The Hall–Kier alpha value is -2.56. The van der Waals surface area contributed by atoms with E-state index in [0.29, 0.717) is 25.9 Å². The van der Waals surface area contributed by atoms with Crippen molar-refractivity contribution in [3.8, 4) is 0 Å². The van der Waals surface area contributed by atoms with Crippen LogP contribution in [-0.2, 0) is 10.9 Å². The van der Waals surface area contributed by atoms with Crippen LogP contribution in [0.3, 0.4) is 0 Å². The molecule has 1 aromatic heterocycles. The number of hydrogen-bond acceptors (Lipinski definition) is 6. The lowest BCUT2D eigenvalue weighted by Crippen LogP contribution is -2.62. The van der Waals surface area contributed by atoms with Crippen LogP contribution in [0.5, 0.6) is 0 Å². The number of benzene rings is 1. The van der Waals surface area contributed by atoms with Crippen molar-refractivity contribution in [2.24, 2.45) is 0 Å². The lowest BCUT2D eigenvalue weighted by Gasteiger charge is -2.52. The molecule has 4 rings (SSSR count). The highest BCUT2D eigenvalue weighted by Gasteiger charge is 2.41. The Morgan fingerprint density at radius 1 is 1.16 bits per heavy atom. The van der Waals surface area contributed by atoms with Gasteiger partial charge >= 0.3 is 6.18 Å². The monoisotopic (exact) mass is 544 g/mol. The lowest BCUT2D eigenvalue weighted by atomic mass is 9.86. The van der Waals surface area contributed by atoms with Crippen LogP contribution >= 0.6 is 0 Å². The molecule has 38 heavy (non-hydrogen) atoms. The highest BCUT2D eigenvalue weighted by molar-refractivity contribution is 5.96. The molecule has 2 aliphatic rings. The molecule has 0 N–H and O–H groups in total. The fourth-order valence-corrected chi connectivity index (χ4v) is 5.34. The molecule has 0 saturated carbocycles. The molecule has 0 radical (unpaired) electrons. The maximum absolute atomic E-state index is 13.7. The van der Waals surface area contributed by atoms with Gasteiger partial charge in [0.15, 0.2) is 0 Å². The van der Waals surface area contributed by atoms with Crippen molar-refractivity contribution in [3.05, 3.63) is 58.7 Å². The summed E-state index contributed by atoms with van der Waals surface area (Å²) in [5.74, 6) is -0.797. The molecule has 2 saturated heterocycles. The van der Waals surface area contributed by atoms with Crippen LogP contribution in [-0.4, -0.2) is 88.5 Å². The molecule has 0 aliphatic carbocycles. The maximum Gasteiger partial charge on any atom is 0.416 e. The molecule has 1 aromatic carbocycles. The quantitative estimate of drug-likeness (QED) is 0.534. The number of alkyl halides is 3. The zero-order valence-corrected chi connectivity index (χ0v) is 21.2. The Morgan fingerprint density at radius 3 is 2.37 bits per heavy atom. The van der Waals surface area contributed by atoms with Crippen LogP contribution in [0, 0.1) is 13.7 Å². The second-order valence-corrected chi connectivity index (χ2v) is 10.0. The van der Waals surface area contributed by atoms with Crippen molar-refractivity contribution >= 4 is 5.91 Å². The zero-order valence-electron chi connectivity index (χ0n) is 32.2. The fourth-order valence-electron chi connectivity index (χ4n) is 5.34. The minimum atomic E-state index is -4.62. The van der Waals surface area contributed by atoms with Crippen LogP contribution in [0.25, 0.3) is 0 Å². The minimum absolute atomic E-state index is 0.110. The predicted molar refractivity (Wildman–Crippen MR) is 139 cm³/mol. The van der Waals surface area contributed by atoms with E-state index >= 15 is 0 Å². The molecule has 1 amide bonds. The molecule has 10 heteroatoms. The number of carbonyl (C=O) groups excluding carboxylic acids is 1. The highest BCUT2D eigenvalue weighted by Crippen LogP contribution is 2.35. The SMILES string of the molecule is [2H]C([2H])([2H])OC([2H])([2H])[C@@H](c1ccc(C(F)(F)F)cc1)N1CCN(C2(C)CCN(C(=O)c3c(C([2H])([2H])[2H])ncnc3C([2H])([2H])[2H])CC2)C[C@@H]1C. The maximum atomic E-state index is 13.7. The van der Waals surface area contributed by atoms with Crippen LogP contribution in [0.1, 0.15) is 80.7 Å². The second kappa shape index (κ2) is 11.3. The van der Waals surface area contributed by atoms with E-state index < -0.39 is 79.5 Å². The predicted octanol–water partition coefficient (Wildman–Crippen LogP) is 4.50. The van der Waals surface area contributed by atoms with Crippen molar-refractivity contribution in [2.45, 2.75) is 64.2 Å². The normalized spacial score (nSPS) is 27.6. The summed E-state index contributed by atoms with van der Waals surface area (Å²) in [6, 6.07) is 2.07. The number of piperazine rings is 1. The van der Waals surface area contributed by atoms with Gasteiger partial charge in [0.05, 0.1) is 42.0 Å². The van der Waals surface area contributed by atoms with Gasteiger partial charge in [-0.25, -0.2) is 9.97 Å². The average molecular weight is 545 g/mol. The van der Waals surface area contributed by atoms with Crippen LogP contribution < -0.4 is 0 Å². The first-order valence-electron chi connectivity index (χ1n) is 17.8. The highest BCUT2D eigenvalue weighted by atomic mass is 19.4. The molecule has 0 bridgehead atoms. The third-order valence-electron chi connectivity index (χ3n) is 7.69. The summed E-state index contributed by atoms with van der Waals surface area (Å²) in [6.45, 7) is -3.56. The summed E-state index contributed by atoms with van der Waals surface area (Å²) in [4.78, 5) is 26.4. The topological polar surface area (TPSA) is 61.8 Å². The van der Waals surface area contributed by atoms with E-state index in [4.69, 9.17) is 19.8 Å². The number of methoxy groups -OCH3 is 1. The van der Waals surface area contributed by atoms with E-state index in [0.717, 1.165) is 30.6 Å². The van der Waals surface area contributed by atoms with E-state index in [1.807, 2.05) is 6.92 Å². The van der Waals surface area contributed by atoms with Crippen molar-refractivity contribution in [1.82, 2.24) is 24.7 Å². The van der Waals surface area contributed by atoms with Gasteiger partial charge in [-0.1, -0.05) is 12.1 Å². The molecule has 2 aromatic rings. The number of piperidine rings is 1. The Kier molecular flexibility index (Phi) is 5.10. The van der Waals surface area contributed by atoms with Gasteiger partial charge < -0.3 is 9.64 Å². The van der Waals surface area contributed by atoms with E-state index in [1.54, 1.807) is 11.8 Å². The number of ether oxygens (including phenoxy) is 1. The van der Waals surface area contributed by atoms with Crippen molar-refractivity contribution in [2.75, 3.05) is 46.3 Å². The third kappa shape index (κ3) is 5.87. The summed E-state index contributed by atoms with van der Waals surface area (Å²) in [7, 11) is -3.13. The molecular weight excluding hydrogens is 495 g/mol. The second-order valence-electron chi connectivity index (χ2n) is 10.0. The first kappa shape index (κ1) is 17.2. The van der Waals surface area contributed by atoms with Gasteiger partial charge in [-0.05, 0) is 58.1 Å². The van der Waals surface area contributed by atoms with Crippen LogP contribution in [0.4, 0.5) is 13.2 Å². The van der Waals surface area contributed by atoms with E-state index in [1.165, 1.54) is 4.90 Å². The number of nitrogens with zero attached hydrogens (tertiary/aromatic N) is 5. The zero-order chi connectivity index (χ0) is 37.0. The number of rotatable bonds is 6. The van der Waals surface area contributed by atoms with E-state index in [9.17, 15) is 18.0 Å². The number of aromatic nitrogens is 2. The van der Waals surface area contributed by atoms with Gasteiger partial charge in [0.25, 0.3) is 5.91 Å². The first-order chi connectivity index (χ1) is 22.2. The number of carbonyl (C=O) groups is 1. The Balaban J connectivity index is 1.54. The number of hydrogen-bond donors (Lipinski definition) is 0. The molecule has 0 unspecified atom stereocenters. The first-order valence-corrected chi connectivity index (χ1v) is 12.3. The van der Waals surface area contributed by atoms with E-state index in [2.05, 4.69) is 14.9 Å². The molecule has 3 heterocycles. The van der Waals surface area contributed by atoms with E-state index in [-0.39, 0.29) is 25.2 Å². The fraction of sp³-hybridized carbons (Fsp3) is 0.607. The van der Waals surface area contributed by atoms with Gasteiger partial charge in [-0.2, -0.15) is 13.2 Å². The molecule has 0 spiro atoms. The minimum Gasteiger partial charge on any atom is -0.383 e. The van der Waals surface area contributed by atoms with Gasteiger partial charge in [0, 0.05) is 59.6 Å². The Bertz CT molecular complexity index is 1460. The number of halogens is 3. The Morgan fingerprint density at radius 2 is 1.82 bits per heavy atom. The van der Waals surface area contributed by atoms with Crippen molar-refractivity contribution in [1.29, 1.82) is 0 Å². The summed E-state index contributed by atoms with van der Waals surface area (Å²) in [5, 5.41) is 0. The molecular formula is C28H38F3N5O2. The van der Waals surface area contributed by atoms with Gasteiger partial charge in [0.2, 0.25) is 0 Å². The van der Waals surface area contributed by atoms with Gasteiger partial charge in [-0.15, -0.1) is 0 Å². The van der Waals surface area contributed by atoms with Crippen molar-refractivity contribution < 1.29 is 37.8 Å².